The van der Waals surface area contributed by atoms with Gasteiger partial charge in [-0.05, 0) is 42.7 Å². The maximum atomic E-state index is 12.7. The highest BCUT2D eigenvalue weighted by molar-refractivity contribution is 5.97. The Morgan fingerprint density at radius 3 is 2.62 bits per heavy atom. The second-order valence-electron chi connectivity index (χ2n) is 5.62. The molecule has 24 heavy (non-hydrogen) atoms. The lowest BCUT2D eigenvalue weighted by molar-refractivity contribution is 0.0939. The maximum absolute atomic E-state index is 12.7. The summed E-state index contributed by atoms with van der Waals surface area (Å²) < 4.78 is 1.59. The number of rotatable bonds is 5. The van der Waals surface area contributed by atoms with Gasteiger partial charge in [-0.1, -0.05) is 31.2 Å². The molecule has 0 fully saturated rings. The fourth-order valence-corrected chi connectivity index (χ4v) is 2.55. The first-order valence-corrected chi connectivity index (χ1v) is 8.03. The number of hydrogen-bond donors (Lipinski definition) is 1. The van der Waals surface area contributed by atoms with Crippen molar-refractivity contribution < 1.29 is 4.79 Å². The van der Waals surface area contributed by atoms with Crippen molar-refractivity contribution in [3.63, 3.8) is 0 Å². The normalized spacial score (nSPS) is 11.9. The Morgan fingerprint density at radius 1 is 1.17 bits per heavy atom. The van der Waals surface area contributed by atoms with E-state index in [-0.39, 0.29) is 11.9 Å². The van der Waals surface area contributed by atoms with E-state index in [0.717, 1.165) is 12.0 Å². The number of carbonyl (C=O) groups excluding carboxylic acids is 1. The van der Waals surface area contributed by atoms with Crippen LogP contribution in [0.4, 0.5) is 0 Å². The molecule has 0 aliphatic rings. The molecule has 0 aliphatic heterocycles. The van der Waals surface area contributed by atoms with Crippen molar-refractivity contribution in [2.75, 3.05) is 0 Å². The summed E-state index contributed by atoms with van der Waals surface area (Å²) in [5.41, 5.74) is 2.86. The van der Waals surface area contributed by atoms with E-state index < -0.39 is 0 Å². The van der Waals surface area contributed by atoms with E-state index >= 15 is 0 Å². The van der Waals surface area contributed by atoms with Crippen LogP contribution in [0.2, 0.25) is 0 Å². The zero-order valence-electron chi connectivity index (χ0n) is 13.8. The molecule has 0 bridgehead atoms. The van der Waals surface area contributed by atoms with E-state index in [0.29, 0.717) is 11.4 Å². The molecule has 0 spiro atoms. The third-order valence-corrected chi connectivity index (χ3v) is 3.99. The van der Waals surface area contributed by atoms with Crippen LogP contribution >= 0.6 is 0 Å². The fraction of sp³-hybridized carbons (Fsp3) is 0.211. The van der Waals surface area contributed by atoms with E-state index in [2.05, 4.69) is 46.6 Å². The van der Waals surface area contributed by atoms with E-state index in [1.165, 1.54) is 5.56 Å². The molecule has 3 aromatic rings. The molecule has 0 unspecified atom stereocenters. The van der Waals surface area contributed by atoms with Crippen LogP contribution in [0.15, 0.2) is 61.1 Å². The molecule has 2 aromatic heterocycles. The summed E-state index contributed by atoms with van der Waals surface area (Å²) in [6.07, 6.45) is 6.09. The number of aryl methyl sites for hydroxylation is 1. The molecule has 5 nitrogen and oxygen atoms in total. The van der Waals surface area contributed by atoms with Crippen LogP contribution in [-0.2, 0) is 6.42 Å². The van der Waals surface area contributed by atoms with Gasteiger partial charge in [0, 0.05) is 18.6 Å². The number of pyridine rings is 1. The summed E-state index contributed by atoms with van der Waals surface area (Å²) in [5.74, 6) is 0.356. The monoisotopic (exact) mass is 320 g/mol. The maximum Gasteiger partial charge on any atom is 0.255 e. The van der Waals surface area contributed by atoms with Crippen LogP contribution in [-0.4, -0.2) is 20.7 Å². The zero-order valence-corrected chi connectivity index (χ0v) is 13.8. The highest BCUT2D eigenvalue weighted by Crippen LogP contribution is 2.16. The van der Waals surface area contributed by atoms with Crippen molar-refractivity contribution in [3.05, 3.63) is 77.7 Å². The van der Waals surface area contributed by atoms with Crippen LogP contribution < -0.4 is 5.32 Å². The van der Waals surface area contributed by atoms with E-state index in [4.69, 9.17) is 0 Å². The van der Waals surface area contributed by atoms with Gasteiger partial charge in [0.15, 0.2) is 5.82 Å². The molecule has 122 valence electrons. The molecule has 0 saturated carbocycles. The Hall–Kier alpha value is -2.95. The Balaban J connectivity index is 1.80. The summed E-state index contributed by atoms with van der Waals surface area (Å²) in [4.78, 5) is 17.0. The predicted molar refractivity (Wildman–Crippen MR) is 93.1 cm³/mol. The molecule has 1 amide bonds. The number of aromatic nitrogens is 3. The van der Waals surface area contributed by atoms with E-state index in [9.17, 15) is 4.79 Å². The van der Waals surface area contributed by atoms with Gasteiger partial charge in [-0.3, -0.25) is 4.79 Å². The predicted octanol–water partition coefficient (Wildman–Crippen LogP) is 3.32. The van der Waals surface area contributed by atoms with Crippen LogP contribution in [0.25, 0.3) is 5.82 Å². The lowest BCUT2D eigenvalue weighted by Crippen LogP contribution is -2.28. The average molecular weight is 320 g/mol. The third kappa shape index (κ3) is 3.35. The standard InChI is InChI=1S/C19H20N4O/c1-3-15-7-9-16(10-8-15)14(2)22-19(24)17-6-4-11-20-18(17)23-13-5-12-21-23/h4-14H,3H2,1-2H3,(H,22,24)/t14-/m0/s1. The molecule has 3 rings (SSSR count). The first-order chi connectivity index (χ1) is 11.7. The van der Waals surface area contributed by atoms with Gasteiger partial charge >= 0.3 is 0 Å². The molecule has 0 radical (unpaired) electrons. The fourth-order valence-electron chi connectivity index (χ4n) is 2.55. The van der Waals surface area contributed by atoms with Crippen LogP contribution in [0.3, 0.4) is 0 Å². The number of nitrogens with zero attached hydrogens (tertiary/aromatic N) is 3. The summed E-state index contributed by atoms with van der Waals surface area (Å²) in [6.45, 7) is 4.10. The highest BCUT2D eigenvalue weighted by Gasteiger charge is 2.16. The van der Waals surface area contributed by atoms with Gasteiger partial charge in [-0.2, -0.15) is 5.10 Å². The molecule has 5 heteroatoms. The Bertz CT molecular complexity index is 810. The van der Waals surface area contributed by atoms with Gasteiger partial charge in [0.05, 0.1) is 11.6 Å². The molecule has 1 aromatic carbocycles. The van der Waals surface area contributed by atoms with E-state index in [1.54, 1.807) is 41.5 Å². The van der Waals surface area contributed by atoms with Crippen LogP contribution in [0.1, 0.15) is 41.4 Å². The molecule has 1 N–H and O–H groups in total. The SMILES string of the molecule is CCc1ccc([C@H](C)NC(=O)c2cccnc2-n2cccn2)cc1. The number of nitrogens with one attached hydrogen (secondary N) is 1. The number of hydrogen-bond acceptors (Lipinski definition) is 3. The van der Waals surface area contributed by atoms with Crippen LogP contribution in [0, 0.1) is 0 Å². The lowest BCUT2D eigenvalue weighted by Gasteiger charge is -2.16. The van der Waals surface area contributed by atoms with Crippen molar-refractivity contribution in [2.45, 2.75) is 26.3 Å². The third-order valence-electron chi connectivity index (χ3n) is 3.99. The molecule has 0 saturated heterocycles. The Labute approximate surface area is 141 Å². The van der Waals surface area contributed by atoms with Crippen molar-refractivity contribution in [1.29, 1.82) is 0 Å². The smallest absolute Gasteiger partial charge is 0.255 e. The summed E-state index contributed by atoms with van der Waals surface area (Å²) >= 11 is 0. The first-order valence-electron chi connectivity index (χ1n) is 8.03. The molecular weight excluding hydrogens is 300 g/mol. The second kappa shape index (κ2) is 7.08. The summed E-state index contributed by atoms with van der Waals surface area (Å²) in [6, 6.07) is 13.5. The van der Waals surface area contributed by atoms with E-state index in [1.807, 2.05) is 6.92 Å². The minimum atomic E-state index is -0.166. The van der Waals surface area contributed by atoms with Gasteiger partial charge in [-0.15, -0.1) is 0 Å². The lowest BCUT2D eigenvalue weighted by atomic mass is 10.0. The number of amides is 1. The topological polar surface area (TPSA) is 59.8 Å². The van der Waals surface area contributed by atoms with Gasteiger partial charge in [-0.25, -0.2) is 9.67 Å². The average Bonchev–Trinajstić information content (AvgIpc) is 3.16. The first kappa shape index (κ1) is 15.9. The highest BCUT2D eigenvalue weighted by atomic mass is 16.1. The second-order valence-corrected chi connectivity index (χ2v) is 5.62. The molecule has 1 atom stereocenters. The number of benzene rings is 1. The molecular formula is C19H20N4O. The van der Waals surface area contributed by atoms with Crippen molar-refractivity contribution in [2.24, 2.45) is 0 Å². The van der Waals surface area contributed by atoms with Gasteiger partial charge in [0.1, 0.15) is 0 Å². The van der Waals surface area contributed by atoms with Crippen molar-refractivity contribution in [1.82, 2.24) is 20.1 Å². The quantitative estimate of drug-likeness (QED) is 0.784. The van der Waals surface area contributed by atoms with Gasteiger partial charge in [0.25, 0.3) is 5.91 Å². The summed E-state index contributed by atoms with van der Waals surface area (Å²) in [7, 11) is 0. The Kier molecular flexibility index (Phi) is 4.70. The zero-order chi connectivity index (χ0) is 16.9. The Morgan fingerprint density at radius 2 is 1.96 bits per heavy atom. The van der Waals surface area contributed by atoms with Crippen molar-refractivity contribution >= 4 is 5.91 Å². The largest absolute Gasteiger partial charge is 0.345 e. The van der Waals surface area contributed by atoms with Gasteiger partial charge < -0.3 is 5.32 Å². The van der Waals surface area contributed by atoms with Gasteiger partial charge in [0.2, 0.25) is 0 Å². The van der Waals surface area contributed by atoms with Crippen LogP contribution in [0.5, 0.6) is 0 Å². The summed E-state index contributed by atoms with van der Waals surface area (Å²) in [5, 5.41) is 7.19. The van der Waals surface area contributed by atoms with Crippen molar-refractivity contribution in [3.8, 4) is 5.82 Å². The minimum Gasteiger partial charge on any atom is -0.345 e. The molecule has 2 heterocycles. The molecule has 0 aliphatic carbocycles. The number of carbonyl (C=O) groups is 1. The minimum absolute atomic E-state index is 0.0888.